The molecule has 1 aliphatic rings. The van der Waals surface area contributed by atoms with Crippen molar-refractivity contribution >= 4 is 11.9 Å². The first-order valence-electron chi connectivity index (χ1n) is 7.99. The topological polar surface area (TPSA) is 86.8 Å². The van der Waals surface area contributed by atoms with Gasteiger partial charge in [0.25, 0.3) is 5.91 Å². The van der Waals surface area contributed by atoms with Gasteiger partial charge < -0.3 is 19.5 Å². The quantitative estimate of drug-likeness (QED) is 0.659. The van der Waals surface area contributed by atoms with E-state index >= 15 is 0 Å². The van der Waals surface area contributed by atoms with Crippen molar-refractivity contribution in [3.05, 3.63) is 53.9 Å². The maximum atomic E-state index is 12.1. The molecule has 0 radical (unpaired) electrons. The largest absolute Gasteiger partial charge is 0.490 e. The first kappa shape index (κ1) is 16.8. The molecule has 0 unspecified atom stereocenters. The molecule has 0 aliphatic carbocycles. The third-order valence-electron chi connectivity index (χ3n) is 3.55. The van der Waals surface area contributed by atoms with Crippen molar-refractivity contribution in [1.29, 1.82) is 0 Å². The number of ether oxygens (including phenoxy) is 3. The predicted molar refractivity (Wildman–Crippen MR) is 88.9 cm³/mol. The highest BCUT2D eigenvalue weighted by molar-refractivity contribution is 5.94. The third kappa shape index (κ3) is 4.47. The summed E-state index contributed by atoms with van der Waals surface area (Å²) in [6.45, 7) is 1.43. The standard InChI is InChI=1S/C18H18N2O5/c21-17(13-4-6-19-7-5-13)20-8-11-25-18(22)14-2-3-15-16(12-14)24-10-1-9-23-15/h2-7,12H,1,8-11H2,(H,20,21). The van der Waals surface area contributed by atoms with Crippen LogP contribution in [0, 0.1) is 0 Å². The van der Waals surface area contributed by atoms with E-state index in [4.69, 9.17) is 14.2 Å². The summed E-state index contributed by atoms with van der Waals surface area (Å²) in [4.78, 5) is 27.8. The normalized spacial score (nSPS) is 12.8. The summed E-state index contributed by atoms with van der Waals surface area (Å²) in [6, 6.07) is 8.16. The number of fused-ring (bicyclic) bond motifs is 1. The molecule has 0 spiro atoms. The minimum absolute atomic E-state index is 0.0735. The molecule has 0 saturated carbocycles. The zero-order valence-electron chi connectivity index (χ0n) is 13.6. The third-order valence-corrected chi connectivity index (χ3v) is 3.55. The molecule has 2 aromatic rings. The molecular formula is C18H18N2O5. The molecule has 0 saturated heterocycles. The number of rotatable bonds is 5. The van der Waals surface area contributed by atoms with Crippen LogP contribution in [0.4, 0.5) is 0 Å². The number of hydrogen-bond acceptors (Lipinski definition) is 6. The summed E-state index contributed by atoms with van der Waals surface area (Å²) in [6.07, 6.45) is 3.88. The molecule has 7 heteroatoms. The van der Waals surface area contributed by atoms with Gasteiger partial charge in [-0.3, -0.25) is 9.78 Å². The van der Waals surface area contributed by atoms with Gasteiger partial charge in [-0.05, 0) is 30.3 Å². The second kappa shape index (κ2) is 8.14. The van der Waals surface area contributed by atoms with E-state index in [2.05, 4.69) is 10.3 Å². The van der Waals surface area contributed by atoms with Gasteiger partial charge in [0.15, 0.2) is 11.5 Å². The van der Waals surface area contributed by atoms with Gasteiger partial charge in [0.05, 0.1) is 25.3 Å². The Bertz CT molecular complexity index is 748. The van der Waals surface area contributed by atoms with E-state index < -0.39 is 5.97 Å². The van der Waals surface area contributed by atoms with Gasteiger partial charge in [0.1, 0.15) is 6.61 Å². The molecule has 0 fully saturated rings. The maximum Gasteiger partial charge on any atom is 0.338 e. The Morgan fingerprint density at radius 2 is 1.80 bits per heavy atom. The van der Waals surface area contributed by atoms with Crippen molar-refractivity contribution in [3.63, 3.8) is 0 Å². The number of nitrogens with one attached hydrogen (secondary N) is 1. The van der Waals surface area contributed by atoms with Crippen molar-refractivity contribution in [2.75, 3.05) is 26.4 Å². The Labute approximate surface area is 144 Å². The summed E-state index contributed by atoms with van der Waals surface area (Å²) < 4.78 is 16.2. The summed E-state index contributed by atoms with van der Waals surface area (Å²) >= 11 is 0. The predicted octanol–water partition coefficient (Wildman–Crippen LogP) is 1.83. The fourth-order valence-electron chi connectivity index (χ4n) is 2.29. The minimum atomic E-state index is -0.478. The molecule has 0 atom stereocenters. The van der Waals surface area contributed by atoms with Gasteiger partial charge in [0, 0.05) is 24.4 Å². The zero-order valence-corrected chi connectivity index (χ0v) is 13.6. The van der Waals surface area contributed by atoms with Crippen molar-refractivity contribution in [2.45, 2.75) is 6.42 Å². The van der Waals surface area contributed by atoms with E-state index in [0.717, 1.165) is 6.42 Å². The van der Waals surface area contributed by atoms with E-state index in [0.29, 0.717) is 35.8 Å². The number of carbonyl (C=O) groups is 2. The molecule has 1 N–H and O–H groups in total. The van der Waals surface area contributed by atoms with E-state index in [1.807, 2.05) is 0 Å². The van der Waals surface area contributed by atoms with Crippen LogP contribution in [0.5, 0.6) is 11.5 Å². The molecule has 130 valence electrons. The lowest BCUT2D eigenvalue weighted by molar-refractivity contribution is 0.0502. The lowest BCUT2D eigenvalue weighted by Gasteiger charge is -2.10. The molecule has 25 heavy (non-hydrogen) atoms. The summed E-state index contributed by atoms with van der Waals surface area (Å²) in [5.41, 5.74) is 0.883. The van der Waals surface area contributed by atoms with E-state index in [1.165, 1.54) is 0 Å². The fourth-order valence-corrected chi connectivity index (χ4v) is 2.29. The van der Waals surface area contributed by atoms with Crippen molar-refractivity contribution in [2.24, 2.45) is 0 Å². The number of hydrogen-bond donors (Lipinski definition) is 1. The average Bonchev–Trinajstić information content (AvgIpc) is 2.90. The second-order valence-electron chi connectivity index (χ2n) is 5.34. The molecule has 2 heterocycles. The number of carbonyl (C=O) groups excluding carboxylic acids is 2. The van der Waals surface area contributed by atoms with E-state index in [9.17, 15) is 9.59 Å². The van der Waals surface area contributed by atoms with Crippen LogP contribution in [0.25, 0.3) is 0 Å². The van der Waals surface area contributed by atoms with Crippen LogP contribution in [0.3, 0.4) is 0 Å². The van der Waals surface area contributed by atoms with Crippen LogP contribution >= 0.6 is 0 Å². The molecule has 1 amide bonds. The van der Waals surface area contributed by atoms with Gasteiger partial charge in [-0.25, -0.2) is 4.79 Å². The SMILES string of the molecule is O=C(NCCOC(=O)c1ccc2c(c1)OCCCO2)c1ccncc1. The summed E-state index contributed by atoms with van der Waals surface area (Å²) in [5, 5.41) is 2.68. The second-order valence-corrected chi connectivity index (χ2v) is 5.34. The molecule has 1 aromatic heterocycles. The van der Waals surface area contributed by atoms with Crippen LogP contribution in [0.1, 0.15) is 27.1 Å². The average molecular weight is 342 g/mol. The van der Waals surface area contributed by atoms with Crippen molar-refractivity contribution in [3.8, 4) is 11.5 Å². The Morgan fingerprint density at radius 1 is 1.04 bits per heavy atom. The Morgan fingerprint density at radius 3 is 2.60 bits per heavy atom. The Balaban J connectivity index is 1.48. The van der Waals surface area contributed by atoms with Crippen LogP contribution in [-0.2, 0) is 4.74 Å². The smallest absolute Gasteiger partial charge is 0.338 e. The molecule has 1 aliphatic heterocycles. The molecule has 1 aromatic carbocycles. The number of nitrogens with zero attached hydrogens (tertiary/aromatic N) is 1. The minimum Gasteiger partial charge on any atom is -0.490 e. The van der Waals surface area contributed by atoms with Crippen molar-refractivity contribution < 1.29 is 23.8 Å². The van der Waals surface area contributed by atoms with Gasteiger partial charge in [0.2, 0.25) is 0 Å². The molecule has 7 nitrogen and oxygen atoms in total. The summed E-state index contributed by atoms with van der Waals surface area (Å²) in [7, 11) is 0. The van der Waals surface area contributed by atoms with Gasteiger partial charge in [-0.1, -0.05) is 0 Å². The highest BCUT2D eigenvalue weighted by atomic mass is 16.5. The molecule has 3 rings (SSSR count). The number of esters is 1. The monoisotopic (exact) mass is 342 g/mol. The van der Waals surface area contributed by atoms with Crippen LogP contribution < -0.4 is 14.8 Å². The van der Waals surface area contributed by atoms with Gasteiger partial charge in [-0.15, -0.1) is 0 Å². The van der Waals surface area contributed by atoms with Gasteiger partial charge >= 0.3 is 5.97 Å². The molecule has 0 bridgehead atoms. The lowest BCUT2D eigenvalue weighted by Crippen LogP contribution is -2.28. The number of pyridine rings is 1. The Kier molecular flexibility index (Phi) is 5.46. The maximum absolute atomic E-state index is 12.1. The first-order chi connectivity index (χ1) is 12.2. The highest BCUT2D eigenvalue weighted by Gasteiger charge is 2.15. The number of amides is 1. The number of aromatic nitrogens is 1. The van der Waals surface area contributed by atoms with Crippen LogP contribution in [-0.4, -0.2) is 43.2 Å². The Hall–Kier alpha value is -3.09. The highest BCUT2D eigenvalue weighted by Crippen LogP contribution is 2.30. The zero-order chi connectivity index (χ0) is 17.5. The summed E-state index contributed by atoms with van der Waals surface area (Å²) in [5.74, 6) is 0.444. The fraction of sp³-hybridized carbons (Fsp3) is 0.278. The van der Waals surface area contributed by atoms with Crippen molar-refractivity contribution in [1.82, 2.24) is 10.3 Å². The lowest BCUT2D eigenvalue weighted by atomic mass is 10.2. The first-order valence-corrected chi connectivity index (χ1v) is 7.99. The van der Waals surface area contributed by atoms with Crippen LogP contribution in [0.2, 0.25) is 0 Å². The van der Waals surface area contributed by atoms with Gasteiger partial charge in [-0.2, -0.15) is 0 Å². The molecular weight excluding hydrogens is 324 g/mol. The van der Waals surface area contributed by atoms with E-state index in [1.54, 1.807) is 42.7 Å². The van der Waals surface area contributed by atoms with E-state index in [-0.39, 0.29) is 19.1 Å². The van der Waals surface area contributed by atoms with Crippen LogP contribution in [0.15, 0.2) is 42.7 Å². The number of benzene rings is 1.